The minimum absolute atomic E-state index is 0.0968. The number of aromatic nitrogens is 1. The highest BCUT2D eigenvalue weighted by molar-refractivity contribution is 6.32. The molecule has 0 N–H and O–H groups in total. The zero-order chi connectivity index (χ0) is 13.1. The van der Waals surface area contributed by atoms with Crippen LogP contribution in [0.3, 0.4) is 0 Å². The molecule has 0 saturated carbocycles. The van der Waals surface area contributed by atoms with Crippen molar-refractivity contribution in [3.63, 3.8) is 0 Å². The second kappa shape index (κ2) is 5.50. The Hall–Kier alpha value is -1.39. The lowest BCUT2D eigenvalue weighted by Gasteiger charge is -2.07. The van der Waals surface area contributed by atoms with E-state index in [-0.39, 0.29) is 17.5 Å². The summed E-state index contributed by atoms with van der Waals surface area (Å²) in [5.74, 6) is -1.26. The van der Waals surface area contributed by atoms with Crippen molar-refractivity contribution in [3.8, 4) is 11.6 Å². The number of nitrogens with zero attached hydrogens (tertiary/aromatic N) is 1. The van der Waals surface area contributed by atoms with Gasteiger partial charge in [-0.15, -0.1) is 11.6 Å². The first-order valence-corrected chi connectivity index (χ1v) is 5.84. The van der Waals surface area contributed by atoms with Gasteiger partial charge in [-0.1, -0.05) is 11.6 Å². The fraction of sp³-hybridized carbons (Fsp3) is 0.0833. The first-order valence-electron chi connectivity index (χ1n) is 4.93. The van der Waals surface area contributed by atoms with Crippen LogP contribution in [-0.4, -0.2) is 4.98 Å². The molecule has 6 heteroatoms. The summed E-state index contributed by atoms with van der Waals surface area (Å²) in [7, 11) is 0. The molecule has 0 aliphatic rings. The molecule has 0 atom stereocenters. The first kappa shape index (κ1) is 13.1. The van der Waals surface area contributed by atoms with Crippen LogP contribution in [0.5, 0.6) is 11.6 Å². The van der Waals surface area contributed by atoms with Crippen LogP contribution in [-0.2, 0) is 5.88 Å². The maximum Gasteiger partial charge on any atom is 0.219 e. The van der Waals surface area contributed by atoms with Crippen molar-refractivity contribution in [2.24, 2.45) is 0 Å². The second-order valence-corrected chi connectivity index (χ2v) is 4.10. The van der Waals surface area contributed by atoms with Gasteiger partial charge in [-0.25, -0.2) is 13.8 Å². The van der Waals surface area contributed by atoms with Gasteiger partial charge < -0.3 is 4.74 Å². The average Bonchev–Trinajstić information content (AvgIpc) is 2.36. The highest BCUT2D eigenvalue weighted by Crippen LogP contribution is 2.27. The Kier molecular flexibility index (Phi) is 3.99. The van der Waals surface area contributed by atoms with Crippen molar-refractivity contribution in [2.75, 3.05) is 0 Å². The van der Waals surface area contributed by atoms with E-state index in [9.17, 15) is 8.78 Å². The molecule has 0 amide bonds. The van der Waals surface area contributed by atoms with Gasteiger partial charge in [-0.3, -0.25) is 0 Å². The molecule has 0 bridgehead atoms. The van der Waals surface area contributed by atoms with Gasteiger partial charge in [0.1, 0.15) is 5.82 Å². The average molecular weight is 290 g/mol. The minimum atomic E-state index is -0.680. The van der Waals surface area contributed by atoms with Gasteiger partial charge in [0.05, 0.1) is 5.02 Å². The molecule has 2 rings (SSSR count). The van der Waals surface area contributed by atoms with E-state index in [1.807, 2.05) is 0 Å². The van der Waals surface area contributed by atoms with E-state index in [1.165, 1.54) is 12.3 Å². The van der Waals surface area contributed by atoms with Gasteiger partial charge in [0.15, 0.2) is 11.6 Å². The molecule has 1 aromatic heterocycles. The molecule has 0 aliphatic carbocycles. The van der Waals surface area contributed by atoms with Gasteiger partial charge in [0.2, 0.25) is 5.88 Å². The summed E-state index contributed by atoms with van der Waals surface area (Å²) in [5.41, 5.74) is 0.597. The summed E-state index contributed by atoms with van der Waals surface area (Å²) in [6.45, 7) is 0. The van der Waals surface area contributed by atoms with Crippen LogP contribution in [0, 0.1) is 11.6 Å². The molecule has 0 radical (unpaired) electrons. The molecule has 0 aliphatic heterocycles. The number of pyridine rings is 1. The van der Waals surface area contributed by atoms with E-state index in [0.717, 1.165) is 18.2 Å². The molecule has 0 saturated heterocycles. The SMILES string of the molecule is Fc1ccc(F)c(Oc2cc(CCl)c(Cl)cn2)c1. The van der Waals surface area contributed by atoms with Crippen LogP contribution in [0.15, 0.2) is 30.5 Å². The third-order valence-corrected chi connectivity index (χ3v) is 2.79. The maximum atomic E-state index is 13.3. The van der Waals surface area contributed by atoms with Crippen molar-refractivity contribution in [1.29, 1.82) is 0 Å². The largest absolute Gasteiger partial charge is 0.436 e. The normalized spacial score (nSPS) is 10.4. The predicted molar refractivity (Wildman–Crippen MR) is 65.2 cm³/mol. The van der Waals surface area contributed by atoms with Crippen molar-refractivity contribution < 1.29 is 13.5 Å². The number of hydrogen-bond acceptors (Lipinski definition) is 2. The number of alkyl halides is 1. The molecule has 0 fully saturated rings. The molecule has 2 nitrogen and oxygen atoms in total. The summed E-state index contributed by atoms with van der Waals surface area (Å²) in [4.78, 5) is 3.85. The van der Waals surface area contributed by atoms with Gasteiger partial charge in [0, 0.05) is 24.2 Å². The van der Waals surface area contributed by atoms with E-state index in [2.05, 4.69) is 4.98 Å². The molecule has 94 valence electrons. The fourth-order valence-electron chi connectivity index (χ4n) is 1.28. The Morgan fingerprint density at radius 3 is 2.72 bits per heavy atom. The zero-order valence-corrected chi connectivity index (χ0v) is 10.5. The molecule has 18 heavy (non-hydrogen) atoms. The fourth-order valence-corrected chi connectivity index (χ4v) is 1.74. The van der Waals surface area contributed by atoms with E-state index >= 15 is 0 Å². The molecule has 1 heterocycles. The smallest absolute Gasteiger partial charge is 0.219 e. The summed E-state index contributed by atoms with van der Waals surface area (Å²) in [6.07, 6.45) is 1.34. The zero-order valence-electron chi connectivity index (χ0n) is 8.96. The Balaban J connectivity index is 2.31. The number of ether oxygens (including phenoxy) is 1. The third-order valence-electron chi connectivity index (χ3n) is 2.16. The second-order valence-electron chi connectivity index (χ2n) is 3.42. The Morgan fingerprint density at radius 2 is 2.00 bits per heavy atom. The maximum absolute atomic E-state index is 13.3. The Bertz CT molecular complexity index is 578. The first-order chi connectivity index (χ1) is 8.60. The van der Waals surface area contributed by atoms with Gasteiger partial charge in [0.25, 0.3) is 0 Å². The lowest BCUT2D eigenvalue weighted by Crippen LogP contribution is -1.93. The van der Waals surface area contributed by atoms with Crippen molar-refractivity contribution in [2.45, 2.75) is 5.88 Å². The van der Waals surface area contributed by atoms with Crippen LogP contribution < -0.4 is 4.74 Å². The Labute approximate surface area is 112 Å². The van der Waals surface area contributed by atoms with Gasteiger partial charge >= 0.3 is 0 Å². The van der Waals surface area contributed by atoms with Crippen LogP contribution in [0.4, 0.5) is 8.78 Å². The molecule has 0 spiro atoms. The summed E-state index contributed by atoms with van der Waals surface area (Å²) in [5, 5.41) is 0.386. The van der Waals surface area contributed by atoms with Crippen molar-refractivity contribution in [3.05, 3.63) is 52.7 Å². The molecule has 0 unspecified atom stereocenters. The van der Waals surface area contributed by atoms with Crippen LogP contribution in [0.25, 0.3) is 0 Å². The van der Waals surface area contributed by atoms with E-state index in [4.69, 9.17) is 27.9 Å². The monoisotopic (exact) mass is 289 g/mol. The van der Waals surface area contributed by atoms with Crippen molar-refractivity contribution >= 4 is 23.2 Å². The summed E-state index contributed by atoms with van der Waals surface area (Å²) >= 11 is 11.5. The quantitative estimate of drug-likeness (QED) is 0.774. The highest BCUT2D eigenvalue weighted by atomic mass is 35.5. The lowest BCUT2D eigenvalue weighted by atomic mass is 10.3. The van der Waals surface area contributed by atoms with Gasteiger partial charge in [-0.2, -0.15) is 0 Å². The number of rotatable bonds is 3. The van der Waals surface area contributed by atoms with E-state index in [0.29, 0.717) is 10.6 Å². The number of hydrogen-bond donors (Lipinski definition) is 0. The molecule has 1 aromatic carbocycles. The van der Waals surface area contributed by atoms with Crippen molar-refractivity contribution in [1.82, 2.24) is 4.98 Å². The summed E-state index contributed by atoms with van der Waals surface area (Å²) in [6, 6.07) is 4.39. The Morgan fingerprint density at radius 1 is 1.22 bits per heavy atom. The number of halogens is 4. The highest BCUT2D eigenvalue weighted by Gasteiger charge is 2.09. The topological polar surface area (TPSA) is 22.1 Å². The predicted octanol–water partition coefficient (Wildman–Crippen LogP) is 4.54. The standard InChI is InChI=1S/C12H7Cl2F2NO/c13-5-7-3-12(17-6-9(7)14)18-11-4-8(15)1-2-10(11)16/h1-4,6H,5H2. The molecular weight excluding hydrogens is 283 g/mol. The lowest BCUT2D eigenvalue weighted by molar-refractivity contribution is 0.422. The molecule has 2 aromatic rings. The third kappa shape index (κ3) is 2.89. The van der Waals surface area contributed by atoms with E-state index in [1.54, 1.807) is 0 Å². The molecular formula is C12H7Cl2F2NO. The van der Waals surface area contributed by atoms with Gasteiger partial charge in [-0.05, 0) is 17.7 Å². The van der Waals surface area contributed by atoms with Crippen LogP contribution >= 0.6 is 23.2 Å². The van der Waals surface area contributed by atoms with E-state index < -0.39 is 11.6 Å². The summed E-state index contributed by atoms with van der Waals surface area (Å²) < 4.78 is 31.4. The number of benzene rings is 1. The minimum Gasteiger partial charge on any atom is -0.436 e. The van der Waals surface area contributed by atoms with Crippen LogP contribution in [0.1, 0.15) is 5.56 Å². The van der Waals surface area contributed by atoms with Crippen LogP contribution in [0.2, 0.25) is 5.02 Å².